The first-order chi connectivity index (χ1) is 30.5. The molecule has 0 aliphatic heterocycles. The molecule has 0 spiro atoms. The lowest BCUT2D eigenvalue weighted by atomic mass is 10.0. The maximum absolute atomic E-state index is 13.2. The van der Waals surface area contributed by atoms with E-state index >= 15 is 0 Å². The first-order valence-corrected chi connectivity index (χ1v) is 25.9. The first kappa shape index (κ1) is 59.0. The molecule has 0 radical (unpaired) electrons. The van der Waals surface area contributed by atoms with Crippen molar-refractivity contribution in [1.29, 1.82) is 0 Å². The monoisotopic (exact) mass is 864 g/mol. The molecule has 0 aromatic rings. The summed E-state index contributed by atoms with van der Waals surface area (Å²) in [7, 11) is 0. The van der Waals surface area contributed by atoms with Gasteiger partial charge in [0.15, 0.2) is 0 Å². The van der Waals surface area contributed by atoms with Crippen molar-refractivity contribution in [1.82, 2.24) is 5.32 Å². The fourth-order valence-corrected chi connectivity index (χ4v) is 7.39. The quantitative estimate of drug-likeness (QED) is 0.0245. The normalized spacial score (nSPS) is 14.0. The van der Waals surface area contributed by atoms with Gasteiger partial charge in [-0.1, -0.05) is 228 Å². The van der Waals surface area contributed by atoms with E-state index in [1.165, 1.54) is 103 Å². The van der Waals surface area contributed by atoms with Crippen LogP contribution in [0.4, 0.5) is 0 Å². The number of aliphatic hydroxyl groups excluding tert-OH is 2. The van der Waals surface area contributed by atoms with Gasteiger partial charge in [0, 0.05) is 6.42 Å². The Kier molecular flexibility index (Phi) is 46.7. The molecule has 3 unspecified atom stereocenters. The van der Waals surface area contributed by atoms with E-state index in [0.29, 0.717) is 19.3 Å². The van der Waals surface area contributed by atoms with E-state index < -0.39 is 18.2 Å². The Labute approximate surface area is 383 Å². The van der Waals surface area contributed by atoms with Gasteiger partial charge >= 0.3 is 5.97 Å². The maximum atomic E-state index is 13.2. The molecule has 0 saturated heterocycles. The van der Waals surface area contributed by atoms with Crippen molar-refractivity contribution >= 4 is 11.9 Å². The lowest BCUT2D eigenvalue weighted by Crippen LogP contribution is -2.46. The van der Waals surface area contributed by atoms with Crippen molar-refractivity contribution in [3.8, 4) is 0 Å². The fraction of sp³-hybridized carbons (Fsp3) is 0.714. The summed E-state index contributed by atoms with van der Waals surface area (Å²) in [5.74, 6) is -0.572. The van der Waals surface area contributed by atoms with Crippen LogP contribution in [0.15, 0.2) is 85.1 Å². The zero-order valence-electron chi connectivity index (χ0n) is 40.5. The van der Waals surface area contributed by atoms with Crippen molar-refractivity contribution in [3.63, 3.8) is 0 Å². The highest BCUT2D eigenvalue weighted by molar-refractivity contribution is 5.77. The standard InChI is InChI=1S/C56H97NO5/c1-4-7-10-13-16-19-22-24-26-27-29-31-34-37-40-43-46-49-56(61)62-52(47-44-41-38-35-32-21-18-15-12-9-6-3)50-55(60)57-53(51-58)54(59)48-45-42-39-36-33-30-28-25-23-20-17-14-11-8-5-2/h9,12,15-16,18-19,21,24,26,29,31-32,35,38,52-54,58-59H,4-8,10-11,13-14,17,20,22-23,25,27-28,30,33-34,36-37,39-51H2,1-3H3,(H,57,60)/b12-9+,18-15+,19-16-,26-24-,31-29-,32-21-,38-35-. The van der Waals surface area contributed by atoms with Crippen molar-refractivity contribution in [2.75, 3.05) is 6.61 Å². The Hall–Kier alpha value is -2.96. The number of allylic oxidation sites excluding steroid dienone is 14. The third kappa shape index (κ3) is 43.7. The smallest absolute Gasteiger partial charge is 0.306 e. The Bertz CT molecular complexity index is 1200. The molecule has 3 N–H and O–H groups in total. The molecule has 0 aliphatic rings. The molecule has 1 amide bonds. The minimum Gasteiger partial charge on any atom is -0.462 e. The Morgan fingerprint density at radius 3 is 1.52 bits per heavy atom. The summed E-state index contributed by atoms with van der Waals surface area (Å²) in [4.78, 5) is 26.1. The predicted octanol–water partition coefficient (Wildman–Crippen LogP) is 15.6. The van der Waals surface area contributed by atoms with Crippen LogP contribution >= 0.6 is 0 Å². The van der Waals surface area contributed by atoms with E-state index in [1.54, 1.807) is 0 Å². The fourth-order valence-electron chi connectivity index (χ4n) is 7.39. The van der Waals surface area contributed by atoms with Gasteiger partial charge in [0.05, 0.1) is 25.2 Å². The molecule has 0 bridgehead atoms. The molecular formula is C56H97NO5. The van der Waals surface area contributed by atoms with Gasteiger partial charge in [0.1, 0.15) is 6.10 Å². The van der Waals surface area contributed by atoms with Gasteiger partial charge in [-0.05, 0) is 77.0 Å². The third-order valence-corrected chi connectivity index (χ3v) is 11.3. The second-order valence-corrected chi connectivity index (χ2v) is 17.3. The molecule has 0 rings (SSSR count). The highest BCUT2D eigenvalue weighted by atomic mass is 16.5. The summed E-state index contributed by atoms with van der Waals surface area (Å²) in [5, 5.41) is 23.7. The van der Waals surface area contributed by atoms with Gasteiger partial charge in [-0.3, -0.25) is 9.59 Å². The topological polar surface area (TPSA) is 95.9 Å². The number of esters is 1. The Morgan fingerprint density at radius 1 is 0.500 bits per heavy atom. The molecule has 356 valence electrons. The molecule has 0 aliphatic carbocycles. The minimum absolute atomic E-state index is 0.0187. The minimum atomic E-state index is -0.813. The van der Waals surface area contributed by atoms with E-state index in [-0.39, 0.29) is 24.9 Å². The largest absolute Gasteiger partial charge is 0.462 e. The van der Waals surface area contributed by atoms with Crippen molar-refractivity contribution in [2.24, 2.45) is 0 Å². The van der Waals surface area contributed by atoms with Gasteiger partial charge in [-0.2, -0.15) is 0 Å². The maximum Gasteiger partial charge on any atom is 0.306 e. The number of hydrogen-bond acceptors (Lipinski definition) is 5. The molecule has 6 heteroatoms. The van der Waals surface area contributed by atoms with E-state index in [4.69, 9.17) is 4.74 Å². The summed E-state index contributed by atoms with van der Waals surface area (Å²) in [6.07, 6.45) is 63.6. The van der Waals surface area contributed by atoms with Crippen LogP contribution in [0.5, 0.6) is 0 Å². The molecule has 62 heavy (non-hydrogen) atoms. The SMILES string of the molecule is CC/C=C/C=C/C=C\C=C/CCCC(CC(=O)NC(CO)C(O)CCCCCCCCCCCCCCCCC)OC(=O)CCCCCC/C=C\C/C=C\C/C=C\CCCCC. The molecule has 0 fully saturated rings. The van der Waals surface area contributed by atoms with Gasteiger partial charge < -0.3 is 20.3 Å². The molecule has 3 atom stereocenters. The molecular weight excluding hydrogens is 767 g/mol. The number of amides is 1. The number of aliphatic hydroxyl groups is 2. The average Bonchev–Trinajstić information content (AvgIpc) is 3.26. The van der Waals surface area contributed by atoms with Crippen LogP contribution < -0.4 is 5.32 Å². The second kappa shape index (κ2) is 49.1. The molecule has 6 nitrogen and oxygen atoms in total. The van der Waals surface area contributed by atoms with Crippen molar-refractivity contribution < 1.29 is 24.5 Å². The zero-order valence-corrected chi connectivity index (χ0v) is 40.5. The van der Waals surface area contributed by atoms with E-state index in [2.05, 4.69) is 74.7 Å². The first-order valence-electron chi connectivity index (χ1n) is 25.9. The predicted molar refractivity (Wildman–Crippen MR) is 268 cm³/mol. The van der Waals surface area contributed by atoms with Crippen LogP contribution in [0.1, 0.15) is 233 Å². The molecule has 0 aromatic carbocycles. The summed E-state index contributed by atoms with van der Waals surface area (Å²) in [6, 6.07) is -0.731. The zero-order chi connectivity index (χ0) is 45.2. The summed E-state index contributed by atoms with van der Waals surface area (Å²) >= 11 is 0. The van der Waals surface area contributed by atoms with Gasteiger partial charge in [0.2, 0.25) is 5.91 Å². The molecule has 0 heterocycles. The van der Waals surface area contributed by atoms with Crippen LogP contribution in [-0.2, 0) is 14.3 Å². The Morgan fingerprint density at radius 2 is 0.952 bits per heavy atom. The van der Waals surface area contributed by atoms with Crippen molar-refractivity contribution in [3.05, 3.63) is 85.1 Å². The number of ether oxygens (including phenoxy) is 1. The average molecular weight is 864 g/mol. The van der Waals surface area contributed by atoms with E-state index in [1.807, 2.05) is 36.5 Å². The summed E-state index contributed by atoms with van der Waals surface area (Å²) in [6.45, 7) is 6.29. The van der Waals surface area contributed by atoms with Crippen LogP contribution in [0.3, 0.4) is 0 Å². The van der Waals surface area contributed by atoms with Gasteiger partial charge in [-0.15, -0.1) is 0 Å². The highest BCUT2D eigenvalue weighted by Crippen LogP contribution is 2.17. The molecule has 0 saturated carbocycles. The number of unbranched alkanes of at least 4 members (excludes halogenated alkanes) is 22. The van der Waals surface area contributed by atoms with Crippen LogP contribution in [0.2, 0.25) is 0 Å². The number of rotatable bonds is 45. The van der Waals surface area contributed by atoms with Gasteiger partial charge in [-0.25, -0.2) is 0 Å². The number of carbonyl (C=O) groups excluding carboxylic acids is 2. The molecule has 0 aromatic heterocycles. The summed E-state index contributed by atoms with van der Waals surface area (Å²) in [5.41, 5.74) is 0. The Balaban J connectivity index is 4.62. The number of hydrogen-bond donors (Lipinski definition) is 3. The van der Waals surface area contributed by atoms with E-state index in [9.17, 15) is 19.8 Å². The van der Waals surface area contributed by atoms with Crippen LogP contribution in [-0.4, -0.2) is 46.9 Å². The van der Waals surface area contributed by atoms with Gasteiger partial charge in [0.25, 0.3) is 0 Å². The lowest BCUT2D eigenvalue weighted by molar-refractivity contribution is -0.151. The van der Waals surface area contributed by atoms with Crippen LogP contribution in [0, 0.1) is 0 Å². The third-order valence-electron chi connectivity index (χ3n) is 11.3. The summed E-state index contributed by atoms with van der Waals surface area (Å²) < 4.78 is 5.88. The van der Waals surface area contributed by atoms with Crippen molar-refractivity contribution in [2.45, 2.75) is 251 Å². The number of carbonyl (C=O) groups is 2. The van der Waals surface area contributed by atoms with E-state index in [0.717, 1.165) is 83.5 Å². The lowest BCUT2D eigenvalue weighted by Gasteiger charge is -2.24. The highest BCUT2D eigenvalue weighted by Gasteiger charge is 2.24. The number of nitrogens with one attached hydrogen (secondary N) is 1. The van der Waals surface area contributed by atoms with Crippen LogP contribution in [0.25, 0.3) is 0 Å². The second-order valence-electron chi connectivity index (χ2n) is 17.3.